The number of nitrogens with two attached hydrogens (primary N) is 1. The number of carbonyl (C=O) groups is 1. The molecule has 9 heteroatoms. The maximum absolute atomic E-state index is 12.8. The van der Waals surface area contributed by atoms with Crippen molar-refractivity contribution in [2.24, 2.45) is 0 Å². The van der Waals surface area contributed by atoms with Crippen molar-refractivity contribution in [3.63, 3.8) is 0 Å². The van der Waals surface area contributed by atoms with Crippen LogP contribution in [0, 0.1) is 0 Å². The van der Waals surface area contributed by atoms with Gasteiger partial charge in [-0.3, -0.25) is 9.20 Å². The van der Waals surface area contributed by atoms with Gasteiger partial charge in [-0.2, -0.15) is 0 Å². The summed E-state index contributed by atoms with van der Waals surface area (Å²) < 4.78 is 7.51. The fraction of sp³-hybridized carbons (Fsp3) is 0.280. The molecule has 0 spiro atoms. The van der Waals surface area contributed by atoms with Crippen molar-refractivity contribution in [2.45, 2.75) is 37.7 Å². The van der Waals surface area contributed by atoms with Gasteiger partial charge in [0.1, 0.15) is 28.7 Å². The molecule has 4 aromatic rings. The molecule has 0 saturated heterocycles. The number of carbonyl (C=O) groups excluding carboxylic acids is 1. The smallest absolute Gasteiger partial charge is 0.260 e. The predicted octanol–water partition coefficient (Wildman–Crippen LogP) is 3.65. The zero-order valence-corrected chi connectivity index (χ0v) is 18.8. The molecule has 174 valence electrons. The average molecular weight is 459 g/mol. The number of hydrogen-bond donors (Lipinski definition) is 3. The summed E-state index contributed by atoms with van der Waals surface area (Å²) in [6, 6.07) is 10.6. The summed E-state index contributed by atoms with van der Waals surface area (Å²) in [5.74, 6) is 2.12. The van der Waals surface area contributed by atoms with Gasteiger partial charge in [0.2, 0.25) is 0 Å². The van der Waals surface area contributed by atoms with Gasteiger partial charge < -0.3 is 20.9 Å². The molecule has 1 aliphatic carbocycles. The number of aliphatic hydroxyl groups is 1. The maximum Gasteiger partial charge on any atom is 0.260 e. The standard InChI is InChI=1S/C25H26N6O3/c1-34-21-12-16(7-10-18(21)25(33)30-22-4-2-3-11-27-22)19-14-31-20(23(26)29-19)13-28-24(31)15-5-8-17(32)9-6-15/h2-4,7,10-15,17,32H,5-6,8-9H2,1H3,(H2,26,29)(H,27,30,33)/t15-,17-. The van der Waals surface area contributed by atoms with Gasteiger partial charge in [0, 0.05) is 23.9 Å². The van der Waals surface area contributed by atoms with Crippen molar-refractivity contribution in [1.82, 2.24) is 19.4 Å². The summed E-state index contributed by atoms with van der Waals surface area (Å²) in [4.78, 5) is 26.1. The molecule has 1 aromatic carbocycles. The molecule has 0 aliphatic heterocycles. The second kappa shape index (κ2) is 9.11. The minimum Gasteiger partial charge on any atom is -0.496 e. The zero-order chi connectivity index (χ0) is 23.7. The third-order valence-electron chi connectivity index (χ3n) is 6.29. The number of nitrogens with one attached hydrogen (secondary N) is 1. The lowest BCUT2D eigenvalue weighted by Crippen LogP contribution is -2.18. The van der Waals surface area contributed by atoms with Crippen LogP contribution < -0.4 is 15.8 Å². The fourth-order valence-electron chi connectivity index (χ4n) is 4.47. The normalized spacial score (nSPS) is 18.1. The van der Waals surface area contributed by atoms with Crippen LogP contribution in [0.1, 0.15) is 47.8 Å². The van der Waals surface area contributed by atoms with Crippen LogP contribution in [-0.4, -0.2) is 43.6 Å². The van der Waals surface area contributed by atoms with E-state index in [0.29, 0.717) is 28.6 Å². The molecule has 1 fully saturated rings. The van der Waals surface area contributed by atoms with Gasteiger partial charge in [-0.15, -0.1) is 0 Å². The fourth-order valence-corrected chi connectivity index (χ4v) is 4.47. The summed E-state index contributed by atoms with van der Waals surface area (Å²) in [5, 5.41) is 12.6. The van der Waals surface area contributed by atoms with Crippen molar-refractivity contribution in [2.75, 3.05) is 18.2 Å². The van der Waals surface area contributed by atoms with Crippen LogP contribution in [-0.2, 0) is 0 Å². The van der Waals surface area contributed by atoms with Crippen molar-refractivity contribution in [3.05, 3.63) is 66.4 Å². The molecule has 5 rings (SSSR count). The number of methoxy groups -OCH3 is 1. The van der Waals surface area contributed by atoms with Crippen LogP contribution in [0.25, 0.3) is 16.8 Å². The highest BCUT2D eigenvalue weighted by Gasteiger charge is 2.25. The Hall–Kier alpha value is -3.98. The third kappa shape index (κ3) is 4.17. The van der Waals surface area contributed by atoms with Crippen LogP contribution in [0.2, 0.25) is 0 Å². The average Bonchev–Trinajstić information content (AvgIpc) is 3.29. The van der Waals surface area contributed by atoms with E-state index in [-0.39, 0.29) is 17.9 Å². The molecule has 1 aliphatic rings. The van der Waals surface area contributed by atoms with Crippen molar-refractivity contribution in [1.29, 1.82) is 0 Å². The van der Waals surface area contributed by atoms with E-state index in [4.69, 9.17) is 10.5 Å². The number of nitrogen functional groups attached to an aromatic ring is 1. The predicted molar refractivity (Wildman–Crippen MR) is 129 cm³/mol. The highest BCUT2D eigenvalue weighted by molar-refractivity contribution is 6.06. The lowest BCUT2D eigenvalue weighted by Gasteiger charge is -2.24. The number of hydrogen-bond acceptors (Lipinski definition) is 7. The maximum atomic E-state index is 12.8. The molecule has 34 heavy (non-hydrogen) atoms. The second-order valence-corrected chi connectivity index (χ2v) is 8.47. The quantitative estimate of drug-likeness (QED) is 0.416. The molecule has 4 N–H and O–H groups in total. The molecule has 1 saturated carbocycles. The molecule has 0 bridgehead atoms. The minimum absolute atomic E-state index is 0.231. The van der Waals surface area contributed by atoms with Crippen LogP contribution in [0.3, 0.4) is 0 Å². The Morgan fingerprint density at radius 1 is 1.18 bits per heavy atom. The number of ether oxygens (including phenoxy) is 1. The van der Waals surface area contributed by atoms with Gasteiger partial charge in [-0.1, -0.05) is 12.1 Å². The number of nitrogens with zero attached hydrogens (tertiary/aromatic N) is 4. The summed E-state index contributed by atoms with van der Waals surface area (Å²) in [6.07, 6.45) is 8.35. The number of rotatable bonds is 5. The number of fused-ring (bicyclic) bond motifs is 1. The van der Waals surface area contributed by atoms with Crippen LogP contribution in [0.15, 0.2) is 55.0 Å². The second-order valence-electron chi connectivity index (χ2n) is 8.47. The first kappa shape index (κ1) is 21.8. The first-order valence-corrected chi connectivity index (χ1v) is 11.3. The van der Waals surface area contributed by atoms with E-state index in [1.807, 2.05) is 16.7 Å². The molecule has 0 unspecified atom stereocenters. The Labute approximate surface area is 196 Å². The number of anilines is 2. The van der Waals surface area contributed by atoms with Gasteiger partial charge in [0.05, 0.1) is 30.7 Å². The number of aromatic nitrogens is 4. The highest BCUT2D eigenvalue weighted by Crippen LogP contribution is 2.34. The van der Waals surface area contributed by atoms with E-state index in [9.17, 15) is 9.90 Å². The first-order chi connectivity index (χ1) is 16.5. The molecular weight excluding hydrogens is 432 g/mol. The van der Waals surface area contributed by atoms with Crippen molar-refractivity contribution >= 4 is 23.1 Å². The number of benzene rings is 1. The molecule has 0 atom stereocenters. The monoisotopic (exact) mass is 458 g/mol. The molecular formula is C25H26N6O3. The Morgan fingerprint density at radius 3 is 2.74 bits per heavy atom. The van der Waals surface area contributed by atoms with Crippen molar-refractivity contribution in [3.8, 4) is 17.0 Å². The SMILES string of the molecule is COc1cc(-c2cn3c(cnc3[C@H]3CC[C@H](O)CC3)c(N)n2)ccc1C(=O)Nc1ccccn1. The van der Waals surface area contributed by atoms with Gasteiger partial charge in [-0.05, 0) is 49.9 Å². The number of amides is 1. The van der Waals surface area contributed by atoms with Crippen LogP contribution in [0.5, 0.6) is 5.75 Å². The van der Waals surface area contributed by atoms with E-state index >= 15 is 0 Å². The van der Waals surface area contributed by atoms with E-state index in [2.05, 4.69) is 20.3 Å². The molecule has 3 aromatic heterocycles. The highest BCUT2D eigenvalue weighted by atomic mass is 16.5. The summed E-state index contributed by atoms with van der Waals surface area (Å²) in [6.45, 7) is 0. The lowest BCUT2D eigenvalue weighted by molar-refractivity contribution is 0.102. The molecule has 0 radical (unpaired) electrons. The Balaban J connectivity index is 1.48. The Morgan fingerprint density at radius 2 is 2.00 bits per heavy atom. The van der Waals surface area contributed by atoms with Crippen LogP contribution >= 0.6 is 0 Å². The number of pyridine rings is 1. The van der Waals surface area contributed by atoms with Gasteiger partial charge in [0.25, 0.3) is 5.91 Å². The summed E-state index contributed by atoms with van der Waals surface area (Å²) in [7, 11) is 1.52. The van der Waals surface area contributed by atoms with E-state index in [0.717, 1.165) is 42.6 Å². The summed E-state index contributed by atoms with van der Waals surface area (Å²) in [5.41, 5.74) is 8.83. The largest absolute Gasteiger partial charge is 0.496 e. The van der Waals surface area contributed by atoms with Crippen LogP contribution in [0.4, 0.5) is 11.6 Å². The molecule has 1 amide bonds. The van der Waals surface area contributed by atoms with Gasteiger partial charge in [-0.25, -0.2) is 15.0 Å². The first-order valence-electron chi connectivity index (χ1n) is 11.3. The molecule has 9 nitrogen and oxygen atoms in total. The Kier molecular flexibility index (Phi) is 5.85. The number of aliphatic hydroxyl groups excluding tert-OH is 1. The lowest BCUT2D eigenvalue weighted by atomic mass is 9.87. The summed E-state index contributed by atoms with van der Waals surface area (Å²) >= 11 is 0. The van der Waals surface area contributed by atoms with Crippen molar-refractivity contribution < 1.29 is 14.6 Å². The zero-order valence-electron chi connectivity index (χ0n) is 18.8. The van der Waals surface area contributed by atoms with E-state index < -0.39 is 0 Å². The Bertz CT molecular complexity index is 1330. The van der Waals surface area contributed by atoms with E-state index in [1.165, 1.54) is 7.11 Å². The minimum atomic E-state index is -0.318. The van der Waals surface area contributed by atoms with E-state index in [1.54, 1.807) is 42.7 Å². The third-order valence-corrected chi connectivity index (χ3v) is 6.29. The van der Waals surface area contributed by atoms with Gasteiger partial charge in [0.15, 0.2) is 0 Å². The number of imidazole rings is 1. The molecule has 3 heterocycles. The van der Waals surface area contributed by atoms with Gasteiger partial charge >= 0.3 is 0 Å². The topological polar surface area (TPSA) is 128 Å².